The number of cyclic esters (lactones) is 1. The van der Waals surface area contributed by atoms with Crippen molar-refractivity contribution in [2.24, 2.45) is 0 Å². The van der Waals surface area contributed by atoms with E-state index in [1.54, 1.807) is 18.2 Å². The zero-order valence-electron chi connectivity index (χ0n) is 16.6. The molecule has 29 heavy (non-hydrogen) atoms. The Bertz CT molecular complexity index is 1070. The normalized spacial score (nSPS) is 16.1. The Morgan fingerprint density at radius 1 is 1.17 bits per heavy atom. The lowest BCUT2D eigenvalue weighted by atomic mass is 9.93. The molecule has 0 fully saturated rings. The largest absolute Gasteiger partial charge is 0.454 e. The number of amides is 1. The fourth-order valence-electron chi connectivity index (χ4n) is 3.24. The number of anilines is 1. The summed E-state index contributed by atoms with van der Waals surface area (Å²) >= 11 is 1.41. The lowest BCUT2D eigenvalue weighted by Crippen LogP contribution is -2.23. The number of carbonyl (C=O) groups excluding carboxylic acids is 2. The average molecular weight is 407 g/mol. The minimum absolute atomic E-state index is 0.0713. The highest BCUT2D eigenvalue weighted by molar-refractivity contribution is 7.14. The number of hydrogen-bond acceptors (Lipinski definition) is 5. The number of carbonyl (C=O) groups is 2. The standard InChI is InChI=1S/C23H22N2O3S/c1-23(2,3)19-13-29-22(24-19)25-20(26)15-9-10-17-16(11-15)12-18(28-21(17)27)14-7-5-4-6-8-14/h4-11,13,18H,12H2,1-3H3,(H,24,25,26). The number of benzene rings is 2. The van der Waals surface area contributed by atoms with Gasteiger partial charge in [-0.2, -0.15) is 0 Å². The first kappa shape index (κ1) is 19.3. The van der Waals surface area contributed by atoms with Crippen LogP contribution >= 0.6 is 11.3 Å². The number of aromatic nitrogens is 1. The van der Waals surface area contributed by atoms with Crippen LogP contribution < -0.4 is 5.32 Å². The second-order valence-corrected chi connectivity index (χ2v) is 8.98. The summed E-state index contributed by atoms with van der Waals surface area (Å²) < 4.78 is 5.58. The molecule has 2 heterocycles. The molecule has 5 nitrogen and oxygen atoms in total. The molecule has 3 aromatic rings. The van der Waals surface area contributed by atoms with Gasteiger partial charge in [-0.3, -0.25) is 10.1 Å². The molecule has 1 amide bonds. The summed E-state index contributed by atoms with van der Waals surface area (Å²) in [5, 5.41) is 5.39. The van der Waals surface area contributed by atoms with Crippen molar-refractivity contribution in [3.63, 3.8) is 0 Å². The van der Waals surface area contributed by atoms with Gasteiger partial charge in [0.1, 0.15) is 6.10 Å². The third-order valence-corrected chi connectivity index (χ3v) is 5.66. The molecule has 1 aliphatic rings. The Labute approximate surface area is 173 Å². The molecule has 4 rings (SSSR count). The maximum absolute atomic E-state index is 12.7. The molecular weight excluding hydrogens is 384 g/mol. The Hall–Kier alpha value is -2.99. The first-order valence-electron chi connectivity index (χ1n) is 9.47. The molecule has 0 saturated carbocycles. The van der Waals surface area contributed by atoms with E-state index in [0.29, 0.717) is 22.7 Å². The molecular formula is C23H22N2O3S. The number of hydrogen-bond donors (Lipinski definition) is 1. The number of nitrogens with zero attached hydrogens (tertiary/aromatic N) is 1. The van der Waals surface area contributed by atoms with Gasteiger partial charge < -0.3 is 4.74 Å². The van der Waals surface area contributed by atoms with E-state index >= 15 is 0 Å². The summed E-state index contributed by atoms with van der Waals surface area (Å²) in [5.74, 6) is -0.598. The highest BCUT2D eigenvalue weighted by Gasteiger charge is 2.28. The smallest absolute Gasteiger partial charge is 0.339 e. The molecule has 0 saturated heterocycles. The van der Waals surface area contributed by atoms with Gasteiger partial charge in [0.2, 0.25) is 0 Å². The second kappa shape index (κ2) is 7.44. The van der Waals surface area contributed by atoms with Crippen LogP contribution in [0.4, 0.5) is 5.13 Å². The van der Waals surface area contributed by atoms with Crippen LogP contribution in [0.5, 0.6) is 0 Å². The fraction of sp³-hybridized carbons (Fsp3) is 0.261. The van der Waals surface area contributed by atoms with Crippen LogP contribution in [0.2, 0.25) is 0 Å². The third kappa shape index (κ3) is 4.07. The molecule has 1 unspecified atom stereocenters. The molecule has 6 heteroatoms. The summed E-state index contributed by atoms with van der Waals surface area (Å²) in [5.41, 5.74) is 3.64. The van der Waals surface area contributed by atoms with Crippen molar-refractivity contribution in [3.8, 4) is 0 Å². The summed E-state index contributed by atoms with van der Waals surface area (Å²) in [6.45, 7) is 6.25. The predicted octanol–water partition coefficient (Wildman–Crippen LogP) is 5.15. The van der Waals surface area contributed by atoms with Crippen molar-refractivity contribution < 1.29 is 14.3 Å². The maximum Gasteiger partial charge on any atom is 0.339 e. The predicted molar refractivity (Wildman–Crippen MR) is 114 cm³/mol. The minimum Gasteiger partial charge on any atom is -0.454 e. The summed E-state index contributed by atoms with van der Waals surface area (Å²) in [4.78, 5) is 29.6. The van der Waals surface area contributed by atoms with Gasteiger partial charge in [0, 0.05) is 22.8 Å². The Kier molecular flexibility index (Phi) is 4.96. The second-order valence-electron chi connectivity index (χ2n) is 8.12. The first-order valence-corrected chi connectivity index (χ1v) is 10.4. The van der Waals surface area contributed by atoms with Crippen molar-refractivity contribution in [2.75, 3.05) is 5.32 Å². The van der Waals surface area contributed by atoms with Crippen LogP contribution in [0.15, 0.2) is 53.9 Å². The Morgan fingerprint density at radius 2 is 1.93 bits per heavy atom. The van der Waals surface area contributed by atoms with Crippen molar-refractivity contribution in [1.29, 1.82) is 0 Å². The third-order valence-electron chi connectivity index (χ3n) is 4.91. The number of ether oxygens (including phenoxy) is 1. The van der Waals surface area contributed by atoms with Crippen LogP contribution in [-0.2, 0) is 16.6 Å². The average Bonchev–Trinajstić information content (AvgIpc) is 3.17. The summed E-state index contributed by atoms with van der Waals surface area (Å²) in [6.07, 6.45) is 0.195. The SMILES string of the molecule is CC(C)(C)c1csc(NC(=O)c2ccc3c(c2)CC(c2ccccc2)OC3=O)n1. The van der Waals surface area contributed by atoms with E-state index in [0.717, 1.165) is 16.8 Å². The molecule has 2 aromatic carbocycles. The molecule has 0 bridgehead atoms. The van der Waals surface area contributed by atoms with Crippen LogP contribution in [-0.4, -0.2) is 16.9 Å². The molecule has 0 radical (unpaired) electrons. The molecule has 1 aliphatic heterocycles. The molecule has 0 spiro atoms. The maximum atomic E-state index is 12.7. The Balaban J connectivity index is 1.55. The van der Waals surface area contributed by atoms with Gasteiger partial charge in [-0.25, -0.2) is 9.78 Å². The first-order chi connectivity index (χ1) is 13.8. The van der Waals surface area contributed by atoms with E-state index < -0.39 is 0 Å². The van der Waals surface area contributed by atoms with Crippen molar-refractivity contribution in [1.82, 2.24) is 4.98 Å². The number of nitrogens with one attached hydrogen (secondary N) is 1. The van der Waals surface area contributed by atoms with Crippen LogP contribution in [0, 0.1) is 0 Å². The molecule has 1 aromatic heterocycles. The van der Waals surface area contributed by atoms with Gasteiger partial charge in [0.05, 0.1) is 11.3 Å². The molecule has 1 N–H and O–H groups in total. The molecule has 0 aliphatic carbocycles. The number of thiazole rings is 1. The van der Waals surface area contributed by atoms with E-state index in [1.165, 1.54) is 11.3 Å². The van der Waals surface area contributed by atoms with Crippen LogP contribution in [0.25, 0.3) is 0 Å². The van der Waals surface area contributed by atoms with Gasteiger partial charge in [-0.05, 0) is 29.3 Å². The minimum atomic E-state index is -0.359. The lowest BCUT2D eigenvalue weighted by Gasteiger charge is -2.25. The van der Waals surface area contributed by atoms with Gasteiger partial charge in [-0.15, -0.1) is 11.3 Å². The number of fused-ring (bicyclic) bond motifs is 1. The van der Waals surface area contributed by atoms with E-state index in [1.807, 2.05) is 35.7 Å². The van der Waals surface area contributed by atoms with E-state index in [9.17, 15) is 9.59 Å². The zero-order valence-corrected chi connectivity index (χ0v) is 17.4. The topological polar surface area (TPSA) is 68.3 Å². The van der Waals surface area contributed by atoms with E-state index in [-0.39, 0.29) is 23.4 Å². The van der Waals surface area contributed by atoms with Gasteiger partial charge in [-0.1, -0.05) is 51.1 Å². The monoisotopic (exact) mass is 406 g/mol. The zero-order chi connectivity index (χ0) is 20.6. The van der Waals surface area contributed by atoms with Gasteiger partial charge in [0.25, 0.3) is 5.91 Å². The van der Waals surface area contributed by atoms with Crippen molar-refractivity contribution >= 4 is 28.3 Å². The van der Waals surface area contributed by atoms with Crippen LogP contribution in [0.3, 0.4) is 0 Å². The quantitative estimate of drug-likeness (QED) is 0.611. The number of esters is 1. The highest BCUT2D eigenvalue weighted by atomic mass is 32.1. The Morgan fingerprint density at radius 3 is 2.62 bits per heavy atom. The van der Waals surface area contributed by atoms with E-state index in [2.05, 4.69) is 31.1 Å². The van der Waals surface area contributed by atoms with Crippen LogP contribution in [0.1, 0.15) is 64.4 Å². The van der Waals surface area contributed by atoms with Crippen molar-refractivity contribution in [2.45, 2.75) is 38.7 Å². The summed E-state index contributed by atoms with van der Waals surface area (Å²) in [7, 11) is 0. The molecule has 1 atom stereocenters. The molecule has 148 valence electrons. The van der Waals surface area contributed by atoms with Gasteiger partial charge >= 0.3 is 5.97 Å². The highest BCUT2D eigenvalue weighted by Crippen LogP contribution is 2.31. The van der Waals surface area contributed by atoms with E-state index in [4.69, 9.17) is 4.74 Å². The fourth-order valence-corrected chi connectivity index (χ4v) is 4.17. The number of rotatable bonds is 3. The lowest BCUT2D eigenvalue weighted by molar-refractivity contribution is 0.0252. The van der Waals surface area contributed by atoms with Crippen molar-refractivity contribution in [3.05, 3.63) is 81.9 Å². The summed E-state index contributed by atoms with van der Waals surface area (Å²) in [6, 6.07) is 14.7. The van der Waals surface area contributed by atoms with Gasteiger partial charge in [0.15, 0.2) is 5.13 Å².